The predicted molar refractivity (Wildman–Crippen MR) is 94.8 cm³/mol. The minimum absolute atomic E-state index is 0.0380. The number of rotatable bonds is 2. The van der Waals surface area contributed by atoms with Crippen LogP contribution in [0, 0.1) is 5.41 Å². The number of halogens is 1. The standard InChI is InChI=1S/C15H8BrN5O2S/c16-11-4-3-9(23-11)6-10-12(17)21-15(19-13(10)22)24-14(20-21)8-2-1-5-18-7-8/h1-7,17H/b10-6+,17-12?. The third-order valence-corrected chi connectivity index (χ3v) is 4.63. The molecule has 0 radical (unpaired) electrons. The summed E-state index contributed by atoms with van der Waals surface area (Å²) in [5, 5.41) is 15.0. The van der Waals surface area contributed by atoms with Crippen LogP contribution in [0.2, 0.25) is 0 Å². The number of thioether (sulfide) groups is 1. The predicted octanol–water partition coefficient (Wildman–Crippen LogP) is 3.10. The quantitative estimate of drug-likeness (QED) is 0.779. The van der Waals surface area contributed by atoms with E-state index >= 15 is 0 Å². The van der Waals surface area contributed by atoms with Gasteiger partial charge in [0.2, 0.25) is 5.17 Å². The van der Waals surface area contributed by atoms with Gasteiger partial charge in [0.1, 0.15) is 10.8 Å². The summed E-state index contributed by atoms with van der Waals surface area (Å²) < 4.78 is 5.90. The SMILES string of the molecule is N=C1/C(=C\c2ccc(Br)o2)C(=O)N=C2SC(c3cccnc3)=NN12. The fourth-order valence-corrected chi connectivity index (χ4v) is 3.35. The Hall–Kier alpha value is -2.52. The first-order chi connectivity index (χ1) is 11.6. The van der Waals surface area contributed by atoms with Crippen LogP contribution in [-0.4, -0.2) is 31.9 Å². The number of carbonyl (C=O) groups is 1. The molecule has 2 aromatic heterocycles. The molecule has 2 aliphatic rings. The van der Waals surface area contributed by atoms with Gasteiger partial charge in [-0.15, -0.1) is 0 Å². The van der Waals surface area contributed by atoms with Gasteiger partial charge in [0.25, 0.3) is 5.91 Å². The Morgan fingerprint density at radius 3 is 2.92 bits per heavy atom. The molecule has 9 heteroatoms. The van der Waals surface area contributed by atoms with Crippen LogP contribution in [0.3, 0.4) is 0 Å². The third-order valence-electron chi connectivity index (χ3n) is 3.24. The van der Waals surface area contributed by atoms with Gasteiger partial charge in [0.05, 0.1) is 5.57 Å². The molecule has 0 spiro atoms. The number of amides is 1. The van der Waals surface area contributed by atoms with Crippen LogP contribution >= 0.6 is 27.7 Å². The Bertz CT molecular complexity index is 948. The Balaban J connectivity index is 1.70. The van der Waals surface area contributed by atoms with E-state index in [-0.39, 0.29) is 11.4 Å². The molecule has 1 N–H and O–H groups in total. The summed E-state index contributed by atoms with van der Waals surface area (Å²) in [7, 11) is 0. The molecule has 1 amide bonds. The largest absolute Gasteiger partial charge is 0.450 e. The molecular formula is C15H8BrN5O2S. The molecule has 2 aliphatic heterocycles. The molecule has 0 fully saturated rings. The molecule has 0 atom stereocenters. The second kappa shape index (κ2) is 5.84. The van der Waals surface area contributed by atoms with Gasteiger partial charge in [-0.2, -0.15) is 15.1 Å². The number of pyridine rings is 1. The van der Waals surface area contributed by atoms with E-state index in [1.807, 2.05) is 6.07 Å². The van der Waals surface area contributed by atoms with Crippen LogP contribution in [-0.2, 0) is 4.79 Å². The number of aromatic nitrogens is 1. The third kappa shape index (κ3) is 2.61. The minimum Gasteiger partial charge on any atom is -0.450 e. The van der Waals surface area contributed by atoms with Crippen molar-refractivity contribution >= 4 is 55.7 Å². The maximum absolute atomic E-state index is 12.2. The molecule has 0 saturated heterocycles. The van der Waals surface area contributed by atoms with Gasteiger partial charge in [-0.1, -0.05) is 0 Å². The fraction of sp³-hybridized carbons (Fsp3) is 0. The van der Waals surface area contributed by atoms with E-state index in [9.17, 15) is 4.79 Å². The number of carbonyl (C=O) groups excluding carboxylic acids is 1. The normalized spacial score (nSPS) is 18.7. The molecule has 0 saturated carbocycles. The molecule has 0 bridgehead atoms. The summed E-state index contributed by atoms with van der Waals surface area (Å²) >= 11 is 4.44. The molecule has 4 rings (SSSR count). The van der Waals surface area contributed by atoms with Gasteiger partial charge in [-0.05, 0) is 58.0 Å². The first-order valence-corrected chi connectivity index (χ1v) is 8.39. The molecule has 118 valence electrons. The molecule has 0 aliphatic carbocycles. The average molecular weight is 402 g/mol. The lowest BCUT2D eigenvalue weighted by atomic mass is 10.1. The maximum atomic E-state index is 12.2. The second-order valence-corrected chi connectivity index (χ2v) is 6.55. The van der Waals surface area contributed by atoms with Gasteiger partial charge in [-0.25, -0.2) is 0 Å². The number of fused-ring (bicyclic) bond motifs is 1. The lowest BCUT2D eigenvalue weighted by molar-refractivity contribution is -0.114. The summed E-state index contributed by atoms with van der Waals surface area (Å²) in [6.45, 7) is 0. The van der Waals surface area contributed by atoms with E-state index in [0.717, 1.165) is 5.56 Å². The summed E-state index contributed by atoms with van der Waals surface area (Å²) in [6, 6.07) is 7.07. The highest BCUT2D eigenvalue weighted by Crippen LogP contribution is 2.30. The van der Waals surface area contributed by atoms with Crippen molar-refractivity contribution in [2.75, 3.05) is 0 Å². The van der Waals surface area contributed by atoms with Gasteiger partial charge < -0.3 is 4.42 Å². The van der Waals surface area contributed by atoms with E-state index in [0.29, 0.717) is 20.6 Å². The topological polar surface area (TPSA) is 94.9 Å². The van der Waals surface area contributed by atoms with E-state index in [1.165, 1.54) is 22.8 Å². The van der Waals surface area contributed by atoms with E-state index in [1.54, 1.807) is 30.6 Å². The summed E-state index contributed by atoms with van der Waals surface area (Å²) in [5.74, 6) is -0.0743. The van der Waals surface area contributed by atoms with Crippen molar-refractivity contribution in [2.45, 2.75) is 0 Å². The fourth-order valence-electron chi connectivity index (χ4n) is 2.15. The first-order valence-electron chi connectivity index (χ1n) is 6.78. The van der Waals surface area contributed by atoms with Gasteiger partial charge in [-0.3, -0.25) is 15.2 Å². The highest BCUT2D eigenvalue weighted by molar-refractivity contribution is 9.10. The Morgan fingerprint density at radius 1 is 1.33 bits per heavy atom. The maximum Gasteiger partial charge on any atom is 0.283 e. The van der Waals surface area contributed by atoms with Crippen molar-refractivity contribution < 1.29 is 9.21 Å². The summed E-state index contributed by atoms with van der Waals surface area (Å²) in [5.41, 5.74) is 0.928. The molecular weight excluding hydrogens is 394 g/mol. The highest BCUT2D eigenvalue weighted by atomic mass is 79.9. The van der Waals surface area contributed by atoms with Gasteiger partial charge in [0.15, 0.2) is 10.5 Å². The lowest BCUT2D eigenvalue weighted by Crippen LogP contribution is -2.35. The van der Waals surface area contributed by atoms with E-state index in [2.05, 4.69) is 31.0 Å². The number of hydrogen-bond donors (Lipinski definition) is 1. The number of furan rings is 1. The summed E-state index contributed by atoms with van der Waals surface area (Å²) in [6.07, 6.45) is 4.83. The van der Waals surface area contributed by atoms with Crippen molar-refractivity contribution in [3.8, 4) is 0 Å². The monoisotopic (exact) mass is 401 g/mol. The number of hydrazone groups is 1. The van der Waals surface area contributed by atoms with Crippen LogP contribution in [0.5, 0.6) is 0 Å². The lowest BCUT2D eigenvalue weighted by Gasteiger charge is -2.19. The van der Waals surface area contributed by atoms with Crippen LogP contribution in [0.4, 0.5) is 0 Å². The minimum atomic E-state index is -0.492. The van der Waals surface area contributed by atoms with Crippen LogP contribution < -0.4 is 0 Å². The van der Waals surface area contributed by atoms with Crippen molar-refractivity contribution in [1.29, 1.82) is 5.41 Å². The molecule has 7 nitrogen and oxygen atoms in total. The van der Waals surface area contributed by atoms with Gasteiger partial charge >= 0.3 is 0 Å². The average Bonchev–Trinajstić information content (AvgIpc) is 3.18. The molecule has 0 unspecified atom stereocenters. The van der Waals surface area contributed by atoms with Crippen LogP contribution in [0.1, 0.15) is 11.3 Å². The molecule has 4 heterocycles. The smallest absolute Gasteiger partial charge is 0.283 e. The zero-order chi connectivity index (χ0) is 16.7. The highest BCUT2D eigenvalue weighted by Gasteiger charge is 2.36. The number of nitrogens with one attached hydrogen (secondary N) is 1. The number of hydrogen-bond acceptors (Lipinski definition) is 6. The van der Waals surface area contributed by atoms with E-state index < -0.39 is 5.91 Å². The van der Waals surface area contributed by atoms with Crippen LogP contribution in [0.25, 0.3) is 6.08 Å². The van der Waals surface area contributed by atoms with Crippen molar-refractivity contribution in [3.63, 3.8) is 0 Å². The van der Waals surface area contributed by atoms with Crippen molar-refractivity contribution in [2.24, 2.45) is 10.1 Å². The van der Waals surface area contributed by atoms with Gasteiger partial charge in [0, 0.05) is 18.0 Å². The van der Waals surface area contributed by atoms with E-state index in [4.69, 9.17) is 9.83 Å². The Morgan fingerprint density at radius 2 is 2.21 bits per heavy atom. The molecule has 24 heavy (non-hydrogen) atoms. The Kier molecular flexibility index (Phi) is 3.66. The Labute approximate surface area is 148 Å². The molecule has 0 aromatic carbocycles. The number of amidine groups is 2. The second-order valence-electron chi connectivity index (χ2n) is 4.81. The zero-order valence-corrected chi connectivity index (χ0v) is 14.3. The van der Waals surface area contributed by atoms with Crippen molar-refractivity contribution in [3.05, 3.63) is 58.2 Å². The number of aliphatic imine (C=N–C) groups is 1. The summed E-state index contributed by atoms with van der Waals surface area (Å²) in [4.78, 5) is 20.3. The zero-order valence-electron chi connectivity index (χ0n) is 11.9. The number of nitrogens with zero attached hydrogens (tertiary/aromatic N) is 4. The molecule has 2 aromatic rings. The first kappa shape index (κ1) is 15.0. The van der Waals surface area contributed by atoms with Crippen LogP contribution in [0.15, 0.2) is 61.4 Å². The van der Waals surface area contributed by atoms with Crippen molar-refractivity contribution in [1.82, 2.24) is 9.99 Å².